The summed E-state index contributed by atoms with van der Waals surface area (Å²) in [6.07, 6.45) is 1.03. The van der Waals surface area contributed by atoms with Crippen molar-refractivity contribution in [3.63, 3.8) is 0 Å². The maximum Gasteiger partial charge on any atom is 0.305 e. The highest BCUT2D eigenvalue weighted by molar-refractivity contribution is 9.10. The van der Waals surface area contributed by atoms with E-state index in [0.717, 1.165) is 0 Å². The van der Waals surface area contributed by atoms with Crippen molar-refractivity contribution in [2.45, 2.75) is 12.5 Å². The Kier molecular flexibility index (Phi) is 4.39. The summed E-state index contributed by atoms with van der Waals surface area (Å²) in [4.78, 5) is 25.6. The number of halogens is 1. The molecule has 0 aliphatic rings. The van der Waals surface area contributed by atoms with E-state index >= 15 is 0 Å². The Hall–Kier alpha value is -1.47. The summed E-state index contributed by atoms with van der Waals surface area (Å²) in [5.41, 5.74) is 5.84. The summed E-state index contributed by atoms with van der Waals surface area (Å²) in [7, 11) is 0. The number of hydrogen-bond donors (Lipinski definition) is 3. The van der Waals surface area contributed by atoms with Gasteiger partial charge in [0.25, 0.3) is 0 Å². The van der Waals surface area contributed by atoms with Crippen LogP contribution in [0.1, 0.15) is 6.42 Å². The van der Waals surface area contributed by atoms with Gasteiger partial charge < -0.3 is 16.2 Å². The van der Waals surface area contributed by atoms with E-state index in [1.807, 2.05) is 0 Å². The molecule has 1 atom stereocenters. The number of carbonyl (C=O) groups is 2. The molecule has 0 aliphatic carbocycles. The first-order chi connectivity index (χ1) is 7.49. The van der Waals surface area contributed by atoms with Crippen LogP contribution in [0.2, 0.25) is 0 Å². The Morgan fingerprint density at radius 2 is 2.25 bits per heavy atom. The number of amides is 1. The highest BCUT2D eigenvalue weighted by Crippen LogP contribution is 2.10. The number of nitrogens with zero attached hydrogens (tertiary/aromatic N) is 1. The zero-order chi connectivity index (χ0) is 12.1. The van der Waals surface area contributed by atoms with Crippen molar-refractivity contribution in [3.05, 3.63) is 22.9 Å². The number of carbonyl (C=O) groups excluding carboxylic acids is 1. The van der Waals surface area contributed by atoms with Gasteiger partial charge in [0.15, 0.2) is 0 Å². The number of anilines is 1. The molecule has 16 heavy (non-hydrogen) atoms. The molecule has 1 heterocycles. The summed E-state index contributed by atoms with van der Waals surface area (Å²) in [6.45, 7) is 0. The standard InChI is InChI=1S/C9H10BrN3O3/c10-7-2-1-5(4-12-7)13-9(16)6(11)3-8(14)15/h1-2,4,6H,3,11H2,(H,13,16)(H,14,15). The van der Waals surface area contributed by atoms with E-state index < -0.39 is 24.3 Å². The second-order valence-corrected chi connectivity index (χ2v) is 3.88. The van der Waals surface area contributed by atoms with Crippen LogP contribution < -0.4 is 11.1 Å². The van der Waals surface area contributed by atoms with Gasteiger partial charge in [0.05, 0.1) is 24.3 Å². The van der Waals surface area contributed by atoms with Crippen LogP contribution in [0.3, 0.4) is 0 Å². The predicted octanol–water partition coefficient (Wildman–Crippen LogP) is 0.585. The SMILES string of the molecule is NC(CC(=O)O)C(=O)Nc1ccc(Br)nc1. The number of aromatic nitrogens is 1. The largest absolute Gasteiger partial charge is 0.481 e. The normalized spacial score (nSPS) is 11.9. The molecule has 0 bridgehead atoms. The molecule has 0 saturated heterocycles. The molecule has 0 aromatic carbocycles. The molecule has 0 aliphatic heterocycles. The van der Waals surface area contributed by atoms with Crippen LogP contribution in [-0.4, -0.2) is 28.0 Å². The summed E-state index contributed by atoms with van der Waals surface area (Å²) < 4.78 is 0.639. The van der Waals surface area contributed by atoms with Gasteiger partial charge in [-0.25, -0.2) is 4.98 Å². The van der Waals surface area contributed by atoms with E-state index in [0.29, 0.717) is 10.3 Å². The van der Waals surface area contributed by atoms with Crippen LogP contribution in [0.5, 0.6) is 0 Å². The molecule has 0 spiro atoms. The van der Waals surface area contributed by atoms with Crippen molar-refractivity contribution in [3.8, 4) is 0 Å². The van der Waals surface area contributed by atoms with Crippen molar-refractivity contribution < 1.29 is 14.7 Å². The lowest BCUT2D eigenvalue weighted by atomic mass is 10.2. The smallest absolute Gasteiger partial charge is 0.305 e. The van der Waals surface area contributed by atoms with Crippen molar-refractivity contribution >= 4 is 33.5 Å². The zero-order valence-electron chi connectivity index (χ0n) is 8.18. The first-order valence-corrected chi connectivity index (χ1v) is 5.18. The Labute approximate surface area is 100.0 Å². The van der Waals surface area contributed by atoms with Gasteiger partial charge in [-0.1, -0.05) is 0 Å². The number of nitrogens with two attached hydrogens (primary N) is 1. The van der Waals surface area contributed by atoms with Crippen molar-refractivity contribution in [2.24, 2.45) is 5.73 Å². The third kappa shape index (κ3) is 3.95. The summed E-state index contributed by atoms with van der Waals surface area (Å²) >= 11 is 3.15. The number of carboxylic acids is 1. The molecule has 86 valence electrons. The van der Waals surface area contributed by atoms with Gasteiger partial charge in [0, 0.05) is 0 Å². The molecule has 0 saturated carbocycles. The number of nitrogens with one attached hydrogen (secondary N) is 1. The molecule has 0 radical (unpaired) electrons. The fourth-order valence-electron chi connectivity index (χ4n) is 0.966. The third-order valence-electron chi connectivity index (χ3n) is 1.73. The molecule has 1 rings (SSSR count). The lowest BCUT2D eigenvalue weighted by molar-refractivity contribution is -0.138. The number of pyridine rings is 1. The average molecular weight is 288 g/mol. The third-order valence-corrected chi connectivity index (χ3v) is 2.20. The van der Waals surface area contributed by atoms with E-state index in [4.69, 9.17) is 10.8 Å². The number of hydrogen-bond acceptors (Lipinski definition) is 4. The lowest BCUT2D eigenvalue weighted by Crippen LogP contribution is -2.37. The quantitative estimate of drug-likeness (QED) is 0.703. The molecular formula is C9H10BrN3O3. The fraction of sp³-hybridized carbons (Fsp3) is 0.222. The second kappa shape index (κ2) is 5.57. The van der Waals surface area contributed by atoms with E-state index in [-0.39, 0.29) is 0 Å². The number of carboxylic acid groups (broad SMARTS) is 1. The second-order valence-electron chi connectivity index (χ2n) is 3.06. The monoisotopic (exact) mass is 287 g/mol. The molecule has 4 N–H and O–H groups in total. The fourth-order valence-corrected chi connectivity index (χ4v) is 1.20. The van der Waals surface area contributed by atoms with Gasteiger partial charge in [-0.15, -0.1) is 0 Å². The van der Waals surface area contributed by atoms with Crippen LogP contribution in [0, 0.1) is 0 Å². The summed E-state index contributed by atoms with van der Waals surface area (Å²) in [6, 6.07) is 2.21. The van der Waals surface area contributed by atoms with E-state index in [1.54, 1.807) is 12.1 Å². The highest BCUT2D eigenvalue weighted by Gasteiger charge is 2.16. The molecule has 6 nitrogen and oxygen atoms in total. The van der Waals surface area contributed by atoms with Gasteiger partial charge in [-0.2, -0.15) is 0 Å². The number of aliphatic carboxylic acids is 1. The molecule has 0 fully saturated rings. The molecular weight excluding hydrogens is 278 g/mol. The molecule has 7 heteroatoms. The van der Waals surface area contributed by atoms with Gasteiger partial charge in [0.1, 0.15) is 4.60 Å². The maximum atomic E-state index is 11.4. The van der Waals surface area contributed by atoms with E-state index in [2.05, 4.69) is 26.2 Å². The van der Waals surface area contributed by atoms with Crippen molar-refractivity contribution in [1.82, 2.24) is 4.98 Å². The zero-order valence-corrected chi connectivity index (χ0v) is 9.77. The van der Waals surface area contributed by atoms with Gasteiger partial charge >= 0.3 is 5.97 Å². The Morgan fingerprint density at radius 3 is 2.75 bits per heavy atom. The van der Waals surface area contributed by atoms with Crippen LogP contribution in [0.15, 0.2) is 22.9 Å². The Balaban J connectivity index is 2.57. The predicted molar refractivity (Wildman–Crippen MR) is 60.8 cm³/mol. The lowest BCUT2D eigenvalue weighted by Gasteiger charge is -2.09. The Morgan fingerprint density at radius 1 is 1.56 bits per heavy atom. The van der Waals surface area contributed by atoms with Crippen LogP contribution >= 0.6 is 15.9 Å². The highest BCUT2D eigenvalue weighted by atomic mass is 79.9. The number of rotatable bonds is 4. The van der Waals surface area contributed by atoms with E-state index in [9.17, 15) is 9.59 Å². The van der Waals surface area contributed by atoms with Gasteiger partial charge in [-0.05, 0) is 28.1 Å². The minimum Gasteiger partial charge on any atom is -0.481 e. The maximum absolute atomic E-state index is 11.4. The van der Waals surface area contributed by atoms with Gasteiger partial charge in [-0.3, -0.25) is 9.59 Å². The summed E-state index contributed by atoms with van der Waals surface area (Å²) in [5, 5.41) is 10.9. The van der Waals surface area contributed by atoms with E-state index in [1.165, 1.54) is 6.20 Å². The van der Waals surface area contributed by atoms with Crippen LogP contribution in [-0.2, 0) is 9.59 Å². The Bertz CT molecular complexity index is 393. The van der Waals surface area contributed by atoms with Crippen molar-refractivity contribution in [1.29, 1.82) is 0 Å². The molecule has 1 aromatic heterocycles. The first kappa shape index (κ1) is 12.6. The molecule has 1 aromatic rings. The summed E-state index contributed by atoms with van der Waals surface area (Å²) in [5.74, 6) is -1.66. The van der Waals surface area contributed by atoms with Crippen LogP contribution in [0.4, 0.5) is 5.69 Å². The molecule has 1 unspecified atom stereocenters. The topological polar surface area (TPSA) is 105 Å². The average Bonchev–Trinajstić information content (AvgIpc) is 2.20. The molecule has 1 amide bonds. The minimum atomic E-state index is -1.11. The minimum absolute atomic E-state index is 0.407. The van der Waals surface area contributed by atoms with Gasteiger partial charge in [0.2, 0.25) is 5.91 Å². The first-order valence-electron chi connectivity index (χ1n) is 4.39. The van der Waals surface area contributed by atoms with Crippen LogP contribution in [0.25, 0.3) is 0 Å². The van der Waals surface area contributed by atoms with Crippen molar-refractivity contribution in [2.75, 3.05) is 5.32 Å².